The van der Waals surface area contributed by atoms with E-state index in [4.69, 9.17) is 0 Å². The predicted molar refractivity (Wildman–Crippen MR) is 110 cm³/mol. The highest BCUT2D eigenvalue weighted by molar-refractivity contribution is 7.17. The first-order chi connectivity index (χ1) is 13.6. The van der Waals surface area contributed by atoms with Crippen molar-refractivity contribution in [3.05, 3.63) is 51.7 Å². The number of piperidine rings is 1. The van der Waals surface area contributed by atoms with Crippen LogP contribution in [0.1, 0.15) is 69.7 Å². The molecule has 6 heteroatoms. The van der Waals surface area contributed by atoms with Gasteiger partial charge in [-0.3, -0.25) is 9.59 Å². The van der Waals surface area contributed by atoms with Gasteiger partial charge in [0.05, 0.1) is 11.1 Å². The van der Waals surface area contributed by atoms with E-state index in [-0.39, 0.29) is 11.5 Å². The van der Waals surface area contributed by atoms with Gasteiger partial charge in [0.15, 0.2) is 0 Å². The van der Waals surface area contributed by atoms with Crippen molar-refractivity contribution in [3.63, 3.8) is 0 Å². The fraction of sp³-hybridized carbons (Fsp3) is 0.455. The average molecular weight is 401 g/mol. The minimum absolute atomic E-state index is 0.00228. The number of thiophene rings is 1. The third-order valence-electron chi connectivity index (χ3n) is 5.62. The van der Waals surface area contributed by atoms with Gasteiger partial charge in [0, 0.05) is 18.0 Å². The molecule has 1 N–H and O–H groups in total. The van der Waals surface area contributed by atoms with Crippen molar-refractivity contribution in [2.45, 2.75) is 51.4 Å². The van der Waals surface area contributed by atoms with Crippen molar-refractivity contribution in [2.75, 3.05) is 18.4 Å². The standard InChI is InChI=1S/C22H25FN2O2S/c23-17-11-6-5-9-15(17)20(26)24-21-19(22(27)25-13-7-2-8-14-25)16-10-3-1-4-12-18(16)28-21/h5-6,9,11H,1-4,7-8,10,12-14H2,(H,24,26). The van der Waals surface area contributed by atoms with Crippen LogP contribution in [-0.2, 0) is 12.8 Å². The molecule has 0 unspecified atom stereocenters. The minimum Gasteiger partial charge on any atom is -0.339 e. The Labute approximate surface area is 168 Å². The number of anilines is 1. The molecule has 1 aliphatic carbocycles. The lowest BCUT2D eigenvalue weighted by Crippen LogP contribution is -2.36. The number of fused-ring (bicyclic) bond motifs is 1. The average Bonchev–Trinajstić information content (AvgIpc) is 2.88. The number of carbonyl (C=O) groups excluding carboxylic acids is 2. The Morgan fingerprint density at radius 2 is 1.68 bits per heavy atom. The summed E-state index contributed by atoms with van der Waals surface area (Å²) in [5.41, 5.74) is 1.75. The lowest BCUT2D eigenvalue weighted by molar-refractivity contribution is 0.0724. The SMILES string of the molecule is O=C(Nc1sc2c(c1C(=O)N1CCCCC1)CCCCC2)c1ccccc1F. The molecule has 2 aliphatic rings. The van der Waals surface area contributed by atoms with Crippen molar-refractivity contribution >= 4 is 28.2 Å². The highest BCUT2D eigenvalue weighted by Gasteiger charge is 2.29. The summed E-state index contributed by atoms with van der Waals surface area (Å²) in [6.45, 7) is 1.54. The second kappa shape index (κ2) is 8.43. The molecule has 1 aromatic carbocycles. The second-order valence-electron chi connectivity index (χ2n) is 7.56. The molecule has 2 amide bonds. The summed E-state index contributed by atoms with van der Waals surface area (Å²) in [7, 11) is 0. The Kier molecular flexibility index (Phi) is 5.76. The van der Waals surface area contributed by atoms with Gasteiger partial charge in [-0.15, -0.1) is 11.3 Å². The first kappa shape index (κ1) is 19.1. The highest BCUT2D eigenvalue weighted by atomic mass is 32.1. The number of amides is 2. The summed E-state index contributed by atoms with van der Waals surface area (Å²) in [6.07, 6.45) is 8.34. The van der Waals surface area contributed by atoms with Crippen LogP contribution in [0.4, 0.5) is 9.39 Å². The van der Waals surface area contributed by atoms with E-state index in [1.54, 1.807) is 12.1 Å². The summed E-state index contributed by atoms with van der Waals surface area (Å²) < 4.78 is 14.0. The van der Waals surface area contributed by atoms with Crippen LogP contribution in [-0.4, -0.2) is 29.8 Å². The zero-order valence-corrected chi connectivity index (χ0v) is 16.7. The number of nitrogens with zero attached hydrogens (tertiary/aromatic N) is 1. The van der Waals surface area contributed by atoms with Gasteiger partial charge in [0.2, 0.25) is 0 Å². The Balaban J connectivity index is 1.69. The molecule has 1 aliphatic heterocycles. The van der Waals surface area contributed by atoms with Gasteiger partial charge >= 0.3 is 0 Å². The Morgan fingerprint density at radius 3 is 2.46 bits per heavy atom. The molecular weight excluding hydrogens is 375 g/mol. The lowest BCUT2D eigenvalue weighted by atomic mass is 10.0. The monoisotopic (exact) mass is 400 g/mol. The number of carbonyl (C=O) groups is 2. The fourth-order valence-corrected chi connectivity index (χ4v) is 5.40. The number of nitrogens with one attached hydrogen (secondary N) is 1. The van der Waals surface area contributed by atoms with Crippen molar-refractivity contribution in [1.29, 1.82) is 0 Å². The van der Waals surface area contributed by atoms with Crippen LogP contribution in [0.3, 0.4) is 0 Å². The summed E-state index contributed by atoms with van der Waals surface area (Å²) >= 11 is 1.49. The number of aryl methyl sites for hydroxylation is 1. The maximum atomic E-state index is 14.0. The molecule has 1 fully saturated rings. The zero-order chi connectivity index (χ0) is 19.5. The molecule has 0 radical (unpaired) electrons. The van der Waals surface area contributed by atoms with E-state index in [1.165, 1.54) is 28.3 Å². The van der Waals surface area contributed by atoms with E-state index in [0.717, 1.165) is 70.0 Å². The van der Waals surface area contributed by atoms with E-state index in [0.29, 0.717) is 10.6 Å². The summed E-state index contributed by atoms with van der Waals surface area (Å²) in [5.74, 6) is -1.04. The number of halogens is 1. The second-order valence-corrected chi connectivity index (χ2v) is 8.66. The van der Waals surface area contributed by atoms with E-state index in [2.05, 4.69) is 5.32 Å². The molecule has 4 nitrogen and oxygen atoms in total. The van der Waals surface area contributed by atoms with Crippen molar-refractivity contribution in [3.8, 4) is 0 Å². The van der Waals surface area contributed by atoms with Gasteiger partial charge in [0.1, 0.15) is 10.8 Å². The van der Waals surface area contributed by atoms with Gasteiger partial charge in [-0.05, 0) is 62.6 Å². The summed E-state index contributed by atoms with van der Waals surface area (Å²) in [6, 6.07) is 5.94. The van der Waals surface area contributed by atoms with Crippen molar-refractivity contribution in [2.24, 2.45) is 0 Å². The molecule has 0 spiro atoms. The van der Waals surface area contributed by atoms with Crippen LogP contribution in [0.2, 0.25) is 0 Å². The van der Waals surface area contributed by atoms with Gasteiger partial charge in [-0.25, -0.2) is 4.39 Å². The first-order valence-corrected chi connectivity index (χ1v) is 11.0. The smallest absolute Gasteiger partial charge is 0.259 e. The maximum Gasteiger partial charge on any atom is 0.259 e. The van der Waals surface area contributed by atoms with Gasteiger partial charge in [0.25, 0.3) is 11.8 Å². The molecule has 4 rings (SSSR count). The Morgan fingerprint density at radius 1 is 0.964 bits per heavy atom. The Bertz CT molecular complexity index is 887. The number of rotatable bonds is 3. The molecule has 28 heavy (non-hydrogen) atoms. The molecule has 2 heterocycles. The lowest BCUT2D eigenvalue weighted by Gasteiger charge is -2.27. The number of benzene rings is 1. The highest BCUT2D eigenvalue weighted by Crippen LogP contribution is 2.39. The topological polar surface area (TPSA) is 49.4 Å². The molecule has 2 aromatic rings. The molecule has 0 atom stereocenters. The van der Waals surface area contributed by atoms with Crippen LogP contribution in [0.15, 0.2) is 24.3 Å². The van der Waals surface area contributed by atoms with Gasteiger partial charge in [-0.2, -0.15) is 0 Å². The number of hydrogen-bond acceptors (Lipinski definition) is 3. The van der Waals surface area contributed by atoms with E-state index >= 15 is 0 Å². The molecule has 1 saturated heterocycles. The largest absolute Gasteiger partial charge is 0.339 e. The van der Waals surface area contributed by atoms with E-state index < -0.39 is 11.7 Å². The normalized spacial score (nSPS) is 17.0. The molecular formula is C22H25FN2O2S. The van der Waals surface area contributed by atoms with Gasteiger partial charge < -0.3 is 10.2 Å². The maximum absolute atomic E-state index is 14.0. The van der Waals surface area contributed by atoms with Crippen LogP contribution < -0.4 is 5.32 Å². The molecule has 1 aromatic heterocycles. The number of likely N-dealkylation sites (tertiary alicyclic amines) is 1. The van der Waals surface area contributed by atoms with E-state index in [9.17, 15) is 14.0 Å². The van der Waals surface area contributed by atoms with Crippen LogP contribution in [0.5, 0.6) is 0 Å². The third kappa shape index (κ3) is 3.83. The molecule has 0 bridgehead atoms. The van der Waals surface area contributed by atoms with Crippen molar-refractivity contribution in [1.82, 2.24) is 4.90 Å². The number of hydrogen-bond donors (Lipinski definition) is 1. The molecule has 0 saturated carbocycles. The summed E-state index contributed by atoms with van der Waals surface area (Å²) in [5, 5.41) is 3.44. The van der Waals surface area contributed by atoms with Crippen molar-refractivity contribution < 1.29 is 14.0 Å². The van der Waals surface area contributed by atoms with Crippen LogP contribution in [0.25, 0.3) is 0 Å². The quantitative estimate of drug-likeness (QED) is 0.734. The summed E-state index contributed by atoms with van der Waals surface area (Å²) in [4.78, 5) is 29.2. The minimum atomic E-state index is -0.554. The fourth-order valence-electron chi connectivity index (χ4n) is 4.13. The van der Waals surface area contributed by atoms with Crippen LogP contribution >= 0.6 is 11.3 Å². The van der Waals surface area contributed by atoms with E-state index in [1.807, 2.05) is 4.90 Å². The zero-order valence-electron chi connectivity index (χ0n) is 15.9. The first-order valence-electron chi connectivity index (χ1n) is 10.1. The Hall–Kier alpha value is -2.21. The molecule has 148 valence electrons. The van der Waals surface area contributed by atoms with Crippen LogP contribution in [0, 0.1) is 5.82 Å². The predicted octanol–water partition coefficient (Wildman–Crippen LogP) is 5.03. The third-order valence-corrected chi connectivity index (χ3v) is 6.83. The van der Waals surface area contributed by atoms with Gasteiger partial charge in [-0.1, -0.05) is 18.6 Å².